The summed E-state index contributed by atoms with van der Waals surface area (Å²) in [7, 11) is 0. The predicted octanol–water partition coefficient (Wildman–Crippen LogP) is 2.80. The number of carbonyl (C=O) groups is 1. The summed E-state index contributed by atoms with van der Waals surface area (Å²) in [4.78, 5) is 17.4. The van der Waals surface area contributed by atoms with Crippen LogP contribution in [0.15, 0.2) is 30.3 Å². The molecule has 2 N–H and O–H groups in total. The molecule has 2 saturated heterocycles. The highest BCUT2D eigenvalue weighted by Crippen LogP contribution is 2.24. The Bertz CT molecular complexity index is 533. The van der Waals surface area contributed by atoms with Crippen LogP contribution in [-0.4, -0.2) is 47.9 Å². The second kappa shape index (κ2) is 8.13. The van der Waals surface area contributed by atoms with Gasteiger partial charge in [0.1, 0.15) is 6.04 Å². The first-order valence-electron chi connectivity index (χ1n) is 9.48. The Balaban J connectivity index is 1.57. The predicted molar refractivity (Wildman–Crippen MR) is 97.6 cm³/mol. The lowest BCUT2D eigenvalue weighted by Crippen LogP contribution is -2.48. The van der Waals surface area contributed by atoms with E-state index >= 15 is 0 Å². The van der Waals surface area contributed by atoms with Gasteiger partial charge in [-0.25, -0.2) is 0 Å². The van der Waals surface area contributed by atoms with E-state index in [-0.39, 0.29) is 5.91 Å². The standard InChI is InChI=1S/C20H31N3O/c1-16-8-5-6-12-22(16)14-17-9-7-13-23(15-17)20(24)19(21)18-10-3-2-4-11-18/h2-4,10-11,16-17,19H,5-9,12-15,21H2,1H3/t16-,17-,19+/m1/s1. The molecule has 0 aromatic heterocycles. The van der Waals surface area contributed by atoms with Gasteiger partial charge in [0.05, 0.1) is 0 Å². The quantitative estimate of drug-likeness (QED) is 0.924. The summed E-state index contributed by atoms with van der Waals surface area (Å²) in [6, 6.07) is 9.89. The molecule has 2 fully saturated rings. The molecule has 2 heterocycles. The van der Waals surface area contributed by atoms with Crippen LogP contribution in [0, 0.1) is 5.92 Å². The lowest BCUT2D eigenvalue weighted by atomic mass is 9.94. The van der Waals surface area contributed by atoms with Crippen LogP contribution in [0.4, 0.5) is 0 Å². The highest BCUT2D eigenvalue weighted by Gasteiger charge is 2.30. The molecule has 2 aliphatic heterocycles. The summed E-state index contributed by atoms with van der Waals surface area (Å²) in [6.07, 6.45) is 6.32. The Morgan fingerprint density at radius 1 is 1.17 bits per heavy atom. The van der Waals surface area contributed by atoms with E-state index in [4.69, 9.17) is 5.73 Å². The zero-order valence-corrected chi connectivity index (χ0v) is 14.9. The van der Waals surface area contributed by atoms with Gasteiger partial charge in [0.15, 0.2) is 0 Å². The fraction of sp³-hybridized carbons (Fsp3) is 0.650. The summed E-state index contributed by atoms with van der Waals surface area (Å²) >= 11 is 0. The Morgan fingerprint density at radius 3 is 2.71 bits per heavy atom. The number of likely N-dealkylation sites (tertiary alicyclic amines) is 2. The monoisotopic (exact) mass is 329 g/mol. The third-order valence-corrected chi connectivity index (χ3v) is 5.69. The van der Waals surface area contributed by atoms with Crippen LogP contribution in [0.5, 0.6) is 0 Å². The Hall–Kier alpha value is -1.39. The van der Waals surface area contributed by atoms with E-state index in [1.165, 1.54) is 32.2 Å². The largest absolute Gasteiger partial charge is 0.341 e. The van der Waals surface area contributed by atoms with E-state index < -0.39 is 6.04 Å². The number of hydrogen-bond acceptors (Lipinski definition) is 3. The van der Waals surface area contributed by atoms with E-state index in [9.17, 15) is 4.79 Å². The van der Waals surface area contributed by atoms with Gasteiger partial charge in [-0.3, -0.25) is 4.79 Å². The van der Waals surface area contributed by atoms with Crippen molar-refractivity contribution in [3.05, 3.63) is 35.9 Å². The smallest absolute Gasteiger partial charge is 0.244 e. The van der Waals surface area contributed by atoms with Gasteiger partial charge in [-0.2, -0.15) is 0 Å². The summed E-state index contributed by atoms with van der Waals surface area (Å²) < 4.78 is 0. The third kappa shape index (κ3) is 4.17. The first kappa shape index (κ1) is 17.4. The van der Waals surface area contributed by atoms with E-state index in [1.807, 2.05) is 35.2 Å². The number of amides is 1. The molecule has 0 spiro atoms. The van der Waals surface area contributed by atoms with Crippen molar-refractivity contribution in [3.8, 4) is 0 Å². The molecule has 0 unspecified atom stereocenters. The van der Waals surface area contributed by atoms with Crippen molar-refractivity contribution in [1.29, 1.82) is 0 Å². The van der Waals surface area contributed by atoms with E-state index in [2.05, 4.69) is 11.8 Å². The fourth-order valence-corrected chi connectivity index (χ4v) is 4.17. The summed E-state index contributed by atoms with van der Waals surface area (Å²) in [5.74, 6) is 0.670. The van der Waals surface area contributed by atoms with Crippen LogP contribution in [0.2, 0.25) is 0 Å². The maximum Gasteiger partial charge on any atom is 0.244 e. The van der Waals surface area contributed by atoms with Crippen molar-refractivity contribution in [3.63, 3.8) is 0 Å². The minimum absolute atomic E-state index is 0.0811. The Labute approximate surface area is 146 Å². The lowest BCUT2D eigenvalue weighted by molar-refractivity contribution is -0.134. The van der Waals surface area contributed by atoms with Gasteiger partial charge >= 0.3 is 0 Å². The zero-order valence-electron chi connectivity index (χ0n) is 14.9. The number of nitrogens with zero attached hydrogens (tertiary/aromatic N) is 2. The normalized spacial score (nSPS) is 27.0. The highest BCUT2D eigenvalue weighted by atomic mass is 16.2. The SMILES string of the molecule is C[C@@H]1CCCCN1C[C@H]1CCCN(C(=O)[C@@H](N)c2ccccc2)C1. The van der Waals surface area contributed by atoms with E-state index in [1.54, 1.807) is 0 Å². The van der Waals surface area contributed by atoms with Crippen molar-refractivity contribution in [2.75, 3.05) is 26.2 Å². The van der Waals surface area contributed by atoms with Crippen molar-refractivity contribution < 1.29 is 4.79 Å². The van der Waals surface area contributed by atoms with Gasteiger partial charge < -0.3 is 15.5 Å². The number of rotatable bonds is 4. The van der Waals surface area contributed by atoms with Crippen molar-refractivity contribution in [1.82, 2.24) is 9.80 Å². The number of benzene rings is 1. The molecule has 132 valence electrons. The Morgan fingerprint density at radius 2 is 1.96 bits per heavy atom. The van der Waals surface area contributed by atoms with Gasteiger partial charge in [0.25, 0.3) is 0 Å². The van der Waals surface area contributed by atoms with Gasteiger partial charge in [0.2, 0.25) is 5.91 Å². The minimum Gasteiger partial charge on any atom is -0.341 e. The van der Waals surface area contributed by atoms with Gasteiger partial charge in [-0.1, -0.05) is 36.8 Å². The van der Waals surface area contributed by atoms with E-state index in [0.29, 0.717) is 12.0 Å². The number of nitrogens with two attached hydrogens (primary N) is 1. The van der Waals surface area contributed by atoms with Crippen LogP contribution in [0.25, 0.3) is 0 Å². The lowest BCUT2D eigenvalue weighted by Gasteiger charge is -2.40. The van der Waals surface area contributed by atoms with Crippen LogP contribution in [0.3, 0.4) is 0 Å². The molecule has 2 aliphatic rings. The minimum atomic E-state index is -0.529. The van der Waals surface area contributed by atoms with E-state index in [0.717, 1.165) is 31.6 Å². The Kier molecular flexibility index (Phi) is 5.90. The molecule has 1 aromatic rings. The van der Waals surface area contributed by atoms with Gasteiger partial charge in [0, 0.05) is 25.7 Å². The summed E-state index contributed by atoms with van der Waals surface area (Å²) in [5, 5.41) is 0. The first-order valence-corrected chi connectivity index (χ1v) is 9.48. The third-order valence-electron chi connectivity index (χ3n) is 5.69. The van der Waals surface area contributed by atoms with Crippen molar-refractivity contribution in [2.24, 2.45) is 11.7 Å². The summed E-state index contributed by atoms with van der Waals surface area (Å²) in [5.41, 5.74) is 7.13. The zero-order chi connectivity index (χ0) is 16.9. The number of carbonyl (C=O) groups excluding carboxylic acids is 1. The summed E-state index contributed by atoms with van der Waals surface area (Å²) in [6.45, 7) is 6.41. The highest BCUT2D eigenvalue weighted by molar-refractivity contribution is 5.83. The molecule has 4 nitrogen and oxygen atoms in total. The molecule has 3 rings (SSSR count). The van der Waals surface area contributed by atoms with Crippen molar-refractivity contribution >= 4 is 5.91 Å². The van der Waals surface area contributed by atoms with Crippen LogP contribution in [0.1, 0.15) is 50.6 Å². The van der Waals surface area contributed by atoms with Crippen LogP contribution < -0.4 is 5.73 Å². The van der Waals surface area contributed by atoms with Gasteiger partial charge in [-0.15, -0.1) is 0 Å². The molecular formula is C20H31N3O. The second-order valence-corrected chi connectivity index (χ2v) is 7.52. The molecule has 0 saturated carbocycles. The number of piperidine rings is 2. The molecule has 3 atom stereocenters. The second-order valence-electron chi connectivity index (χ2n) is 7.52. The molecule has 24 heavy (non-hydrogen) atoms. The fourth-order valence-electron chi connectivity index (χ4n) is 4.17. The molecule has 0 bridgehead atoms. The molecule has 0 radical (unpaired) electrons. The maximum absolute atomic E-state index is 12.8. The van der Waals surface area contributed by atoms with Crippen molar-refractivity contribution in [2.45, 2.75) is 51.1 Å². The maximum atomic E-state index is 12.8. The molecule has 0 aliphatic carbocycles. The average Bonchev–Trinajstić information content (AvgIpc) is 2.63. The molecular weight excluding hydrogens is 298 g/mol. The first-order chi connectivity index (χ1) is 11.6. The van der Waals surface area contributed by atoms with Gasteiger partial charge in [-0.05, 0) is 50.6 Å². The molecule has 4 heteroatoms. The molecule has 1 amide bonds. The molecule has 1 aromatic carbocycles. The van der Waals surface area contributed by atoms with Crippen LogP contribution in [-0.2, 0) is 4.79 Å². The number of hydrogen-bond donors (Lipinski definition) is 1. The van der Waals surface area contributed by atoms with Crippen LogP contribution >= 0.6 is 0 Å². The topological polar surface area (TPSA) is 49.6 Å². The average molecular weight is 329 g/mol.